The first kappa shape index (κ1) is 9.53. The summed E-state index contributed by atoms with van der Waals surface area (Å²) in [7, 11) is 0. The Hall–Kier alpha value is -0.560. The predicted octanol–water partition coefficient (Wildman–Crippen LogP) is 2.65. The number of hydrogen-bond donors (Lipinski definition) is 1. The molecule has 0 aromatic rings. The van der Waals surface area contributed by atoms with Gasteiger partial charge in [0.15, 0.2) is 0 Å². The molecule has 12 heavy (non-hydrogen) atoms. The van der Waals surface area contributed by atoms with Crippen LogP contribution in [0, 0.1) is 0 Å². The van der Waals surface area contributed by atoms with E-state index in [4.69, 9.17) is 0 Å². The number of nitrogens with one attached hydrogen (secondary N) is 1. The van der Waals surface area contributed by atoms with E-state index in [9.17, 15) is 0 Å². The maximum absolute atomic E-state index is 3.77. The quantitative estimate of drug-likeness (QED) is 0.634. The van der Waals surface area contributed by atoms with Gasteiger partial charge in [-0.1, -0.05) is 24.6 Å². The predicted molar refractivity (Wildman–Crippen MR) is 54.2 cm³/mol. The largest absolute Gasteiger partial charge is 0.307 e. The van der Waals surface area contributed by atoms with E-state index >= 15 is 0 Å². The molecule has 1 nitrogen and oxygen atoms in total. The number of hydrogen-bond acceptors (Lipinski definition) is 1. The molecule has 0 aliphatic carbocycles. The summed E-state index contributed by atoms with van der Waals surface area (Å²) in [6, 6.07) is 1.27. The molecule has 1 heteroatoms. The number of allylic oxidation sites excluding steroid dienone is 1. The Labute approximate surface area is 75.6 Å². The maximum Gasteiger partial charge on any atom is 0.0252 e. The molecule has 1 aliphatic heterocycles. The molecule has 0 aromatic heterocycles. The van der Waals surface area contributed by atoms with Crippen LogP contribution in [0.2, 0.25) is 0 Å². The summed E-state index contributed by atoms with van der Waals surface area (Å²) in [5.41, 5.74) is 0. The van der Waals surface area contributed by atoms with E-state index in [0.29, 0.717) is 12.1 Å². The Bertz CT molecular complexity index is 160. The van der Waals surface area contributed by atoms with Crippen molar-refractivity contribution < 1.29 is 0 Å². The normalized spacial score (nSPS) is 30.8. The molecule has 2 atom stereocenters. The van der Waals surface area contributed by atoms with Crippen LogP contribution in [0.3, 0.4) is 0 Å². The Morgan fingerprint density at radius 1 is 1.50 bits per heavy atom. The van der Waals surface area contributed by atoms with Gasteiger partial charge >= 0.3 is 0 Å². The van der Waals surface area contributed by atoms with E-state index < -0.39 is 0 Å². The molecule has 68 valence electrons. The lowest BCUT2D eigenvalue weighted by atomic mass is 9.96. The van der Waals surface area contributed by atoms with Gasteiger partial charge < -0.3 is 5.32 Å². The maximum atomic E-state index is 3.77. The molecular weight excluding hydrogens is 146 g/mol. The highest BCUT2D eigenvalue weighted by Gasteiger charge is 2.16. The first-order valence-corrected chi connectivity index (χ1v) is 4.86. The highest BCUT2D eigenvalue weighted by molar-refractivity contribution is 4.96. The second kappa shape index (κ2) is 5.15. The average molecular weight is 165 g/mol. The zero-order valence-corrected chi connectivity index (χ0v) is 7.92. The fourth-order valence-electron chi connectivity index (χ4n) is 1.82. The van der Waals surface area contributed by atoms with Gasteiger partial charge in [0.2, 0.25) is 0 Å². The Morgan fingerprint density at radius 2 is 2.33 bits per heavy atom. The van der Waals surface area contributed by atoms with Crippen LogP contribution in [0.25, 0.3) is 0 Å². The van der Waals surface area contributed by atoms with E-state index in [2.05, 4.69) is 31.0 Å². The van der Waals surface area contributed by atoms with Crippen LogP contribution in [0.4, 0.5) is 0 Å². The monoisotopic (exact) mass is 165 g/mol. The van der Waals surface area contributed by atoms with Crippen LogP contribution >= 0.6 is 0 Å². The zero-order chi connectivity index (χ0) is 8.81. The van der Waals surface area contributed by atoms with Crippen molar-refractivity contribution in [1.82, 2.24) is 5.32 Å². The molecule has 1 fully saturated rings. The van der Waals surface area contributed by atoms with Crippen LogP contribution < -0.4 is 5.32 Å². The summed E-state index contributed by atoms with van der Waals surface area (Å²) < 4.78 is 0. The molecule has 1 aliphatic rings. The van der Waals surface area contributed by atoms with Crippen LogP contribution in [-0.4, -0.2) is 12.1 Å². The lowest BCUT2D eigenvalue weighted by Gasteiger charge is -2.28. The van der Waals surface area contributed by atoms with Gasteiger partial charge in [-0.25, -0.2) is 0 Å². The number of rotatable bonds is 3. The first-order valence-electron chi connectivity index (χ1n) is 4.86. The van der Waals surface area contributed by atoms with Crippen molar-refractivity contribution in [2.24, 2.45) is 0 Å². The van der Waals surface area contributed by atoms with Gasteiger partial charge in [-0.2, -0.15) is 0 Å². The summed E-state index contributed by atoms with van der Waals surface area (Å²) in [5, 5.41) is 3.60. The minimum Gasteiger partial charge on any atom is -0.307 e. The third kappa shape index (κ3) is 2.82. The fraction of sp³-hybridized carbons (Fsp3) is 0.636. The van der Waals surface area contributed by atoms with Crippen molar-refractivity contribution in [3.8, 4) is 0 Å². The van der Waals surface area contributed by atoms with Gasteiger partial charge in [0, 0.05) is 12.1 Å². The molecule has 0 amide bonds. The minimum absolute atomic E-state index is 0.605. The summed E-state index contributed by atoms with van der Waals surface area (Å²) in [6.07, 6.45) is 11.4. The third-order valence-electron chi connectivity index (χ3n) is 2.39. The molecule has 0 radical (unpaired) electrons. The second-order valence-electron chi connectivity index (χ2n) is 3.45. The van der Waals surface area contributed by atoms with E-state index in [0.717, 1.165) is 6.42 Å². The van der Waals surface area contributed by atoms with Crippen molar-refractivity contribution in [1.29, 1.82) is 0 Å². The fourth-order valence-corrected chi connectivity index (χ4v) is 1.82. The van der Waals surface area contributed by atoms with Crippen molar-refractivity contribution in [3.63, 3.8) is 0 Å². The van der Waals surface area contributed by atoms with Crippen LogP contribution in [0.5, 0.6) is 0 Å². The molecular formula is C11H19N. The molecule has 1 N–H and O–H groups in total. The van der Waals surface area contributed by atoms with Gasteiger partial charge in [0.25, 0.3) is 0 Å². The topological polar surface area (TPSA) is 12.0 Å². The van der Waals surface area contributed by atoms with Crippen molar-refractivity contribution in [2.45, 2.75) is 44.7 Å². The highest BCUT2D eigenvalue weighted by Crippen LogP contribution is 2.15. The van der Waals surface area contributed by atoms with E-state index in [1.165, 1.54) is 19.3 Å². The summed E-state index contributed by atoms with van der Waals surface area (Å²) in [4.78, 5) is 0. The molecule has 0 bridgehead atoms. The number of piperidine rings is 1. The van der Waals surface area contributed by atoms with Gasteiger partial charge in [0.05, 0.1) is 0 Å². The lowest BCUT2D eigenvalue weighted by molar-refractivity contribution is 0.357. The Balaban J connectivity index is 2.34. The molecule has 1 heterocycles. The third-order valence-corrected chi connectivity index (χ3v) is 2.39. The Morgan fingerprint density at radius 3 is 3.00 bits per heavy atom. The van der Waals surface area contributed by atoms with E-state index in [-0.39, 0.29) is 0 Å². The van der Waals surface area contributed by atoms with E-state index in [1.807, 2.05) is 6.08 Å². The minimum atomic E-state index is 0.605. The molecule has 1 rings (SSSR count). The summed E-state index contributed by atoms with van der Waals surface area (Å²) in [6.45, 7) is 5.85. The summed E-state index contributed by atoms with van der Waals surface area (Å²) >= 11 is 0. The SMILES string of the molecule is C=CCC1CCCC(/C=C/C)N1. The molecule has 1 saturated heterocycles. The van der Waals surface area contributed by atoms with Crippen LogP contribution in [-0.2, 0) is 0 Å². The van der Waals surface area contributed by atoms with Crippen molar-refractivity contribution in [2.75, 3.05) is 0 Å². The average Bonchev–Trinajstić information content (AvgIpc) is 2.06. The van der Waals surface area contributed by atoms with Gasteiger partial charge in [-0.05, 0) is 26.2 Å². The Kier molecular flexibility index (Phi) is 4.09. The van der Waals surface area contributed by atoms with Crippen LogP contribution in [0.15, 0.2) is 24.8 Å². The molecule has 0 aromatic carbocycles. The highest BCUT2D eigenvalue weighted by atomic mass is 15.0. The van der Waals surface area contributed by atoms with Crippen molar-refractivity contribution >= 4 is 0 Å². The smallest absolute Gasteiger partial charge is 0.0252 e. The second-order valence-corrected chi connectivity index (χ2v) is 3.45. The first-order chi connectivity index (χ1) is 5.86. The zero-order valence-electron chi connectivity index (χ0n) is 7.92. The van der Waals surface area contributed by atoms with Crippen LogP contribution in [0.1, 0.15) is 32.6 Å². The van der Waals surface area contributed by atoms with Gasteiger partial charge in [-0.15, -0.1) is 6.58 Å². The molecule has 0 spiro atoms. The molecule has 2 unspecified atom stereocenters. The standard InChI is InChI=1S/C11H19N/c1-3-6-10-8-5-9-11(12-10)7-4-2/h3-4,7,10-12H,1,5-6,8-9H2,2H3/b7-4+. The van der Waals surface area contributed by atoms with Crippen molar-refractivity contribution in [3.05, 3.63) is 24.8 Å². The molecule has 0 saturated carbocycles. The van der Waals surface area contributed by atoms with Gasteiger partial charge in [-0.3, -0.25) is 0 Å². The van der Waals surface area contributed by atoms with E-state index in [1.54, 1.807) is 0 Å². The van der Waals surface area contributed by atoms with Gasteiger partial charge in [0.1, 0.15) is 0 Å². The lowest BCUT2D eigenvalue weighted by Crippen LogP contribution is -2.40. The summed E-state index contributed by atoms with van der Waals surface area (Å²) in [5.74, 6) is 0.